The van der Waals surface area contributed by atoms with Gasteiger partial charge >= 0.3 is 0 Å². The van der Waals surface area contributed by atoms with E-state index in [-0.39, 0.29) is 23.3 Å². The summed E-state index contributed by atoms with van der Waals surface area (Å²) in [6.45, 7) is 4.46. The molecule has 0 atom stereocenters. The number of hydrogen-bond donors (Lipinski definition) is 2. The highest BCUT2D eigenvalue weighted by Crippen LogP contribution is 2.29. The maximum Gasteiger partial charge on any atom is 0.291 e. The average Bonchev–Trinajstić information content (AvgIpc) is 3.38. The third-order valence-corrected chi connectivity index (χ3v) is 6.00. The van der Waals surface area contributed by atoms with Gasteiger partial charge in [0.15, 0.2) is 5.76 Å². The molecule has 1 aromatic carbocycles. The predicted octanol–water partition coefficient (Wildman–Crippen LogP) is 3.57. The molecule has 8 heteroatoms. The summed E-state index contributed by atoms with van der Waals surface area (Å²) in [5.74, 6) is 0.0999. The Kier molecular flexibility index (Phi) is 5.26. The van der Waals surface area contributed by atoms with Crippen molar-refractivity contribution >= 4 is 33.8 Å². The van der Waals surface area contributed by atoms with Crippen molar-refractivity contribution in [3.8, 4) is 5.75 Å². The smallest absolute Gasteiger partial charge is 0.291 e. The molecule has 2 amide bonds. The Morgan fingerprint density at radius 1 is 1.10 bits per heavy atom. The zero-order valence-corrected chi connectivity index (χ0v) is 16.7. The molecule has 1 aliphatic rings. The maximum atomic E-state index is 13.0. The van der Waals surface area contributed by atoms with E-state index in [0.29, 0.717) is 36.1 Å². The SMILES string of the molecule is Cc1cc(NC(=O)c2ccco2)sc1C(=O)N1CCN(c2cccc(O)c2)CC1. The fourth-order valence-corrected chi connectivity index (χ4v) is 4.37. The minimum atomic E-state index is -0.338. The number of benzene rings is 1. The molecule has 3 heterocycles. The topological polar surface area (TPSA) is 86.0 Å². The molecule has 4 rings (SSSR count). The number of thiophene rings is 1. The highest BCUT2D eigenvalue weighted by molar-refractivity contribution is 7.18. The summed E-state index contributed by atoms with van der Waals surface area (Å²) >= 11 is 1.27. The van der Waals surface area contributed by atoms with Crippen LogP contribution in [-0.2, 0) is 0 Å². The average molecular weight is 411 g/mol. The van der Waals surface area contributed by atoms with E-state index in [1.807, 2.05) is 30.0 Å². The number of hydrogen-bond acceptors (Lipinski definition) is 6. The summed E-state index contributed by atoms with van der Waals surface area (Å²) in [5.41, 5.74) is 1.79. The fraction of sp³-hybridized carbons (Fsp3) is 0.238. The Bertz CT molecular complexity index is 1020. The van der Waals surface area contributed by atoms with Crippen LogP contribution in [0.3, 0.4) is 0 Å². The number of anilines is 2. The van der Waals surface area contributed by atoms with Crippen LogP contribution in [0.2, 0.25) is 0 Å². The molecular formula is C21H21N3O4S. The number of piperazine rings is 1. The Hall–Kier alpha value is -3.26. The van der Waals surface area contributed by atoms with E-state index in [0.717, 1.165) is 11.3 Å². The fourth-order valence-electron chi connectivity index (χ4n) is 3.34. The number of aryl methyl sites for hydroxylation is 1. The van der Waals surface area contributed by atoms with E-state index < -0.39 is 0 Å². The van der Waals surface area contributed by atoms with Gasteiger partial charge in [0, 0.05) is 37.9 Å². The van der Waals surface area contributed by atoms with Crippen LogP contribution in [0.25, 0.3) is 0 Å². The largest absolute Gasteiger partial charge is 0.508 e. The van der Waals surface area contributed by atoms with Crippen LogP contribution in [0.5, 0.6) is 5.75 Å². The van der Waals surface area contributed by atoms with E-state index in [1.165, 1.54) is 17.6 Å². The minimum absolute atomic E-state index is 0.0263. The van der Waals surface area contributed by atoms with Crippen molar-refractivity contribution in [2.45, 2.75) is 6.92 Å². The van der Waals surface area contributed by atoms with Crippen molar-refractivity contribution in [1.82, 2.24) is 4.90 Å². The second-order valence-corrected chi connectivity index (χ2v) is 7.91. The molecule has 0 saturated carbocycles. The summed E-state index contributed by atoms with van der Waals surface area (Å²) in [7, 11) is 0. The first-order chi connectivity index (χ1) is 14.0. The van der Waals surface area contributed by atoms with E-state index in [1.54, 1.807) is 24.3 Å². The van der Waals surface area contributed by atoms with Gasteiger partial charge in [0.2, 0.25) is 0 Å². The first-order valence-electron chi connectivity index (χ1n) is 9.30. The molecule has 0 bridgehead atoms. The van der Waals surface area contributed by atoms with Crippen LogP contribution in [-0.4, -0.2) is 48.0 Å². The van der Waals surface area contributed by atoms with Gasteiger partial charge in [-0.25, -0.2) is 0 Å². The van der Waals surface area contributed by atoms with Gasteiger partial charge < -0.3 is 24.6 Å². The van der Waals surface area contributed by atoms with Crippen molar-refractivity contribution in [3.05, 3.63) is 64.9 Å². The number of phenols is 1. The van der Waals surface area contributed by atoms with Crippen molar-refractivity contribution in [2.75, 3.05) is 36.4 Å². The third kappa shape index (κ3) is 4.12. The van der Waals surface area contributed by atoms with Crippen LogP contribution in [0, 0.1) is 6.92 Å². The molecule has 1 fully saturated rings. The van der Waals surface area contributed by atoms with Gasteiger partial charge in [-0.3, -0.25) is 9.59 Å². The third-order valence-electron chi connectivity index (χ3n) is 4.86. The number of carbonyl (C=O) groups excluding carboxylic acids is 2. The van der Waals surface area contributed by atoms with Gasteiger partial charge in [-0.2, -0.15) is 0 Å². The molecule has 29 heavy (non-hydrogen) atoms. The molecule has 0 radical (unpaired) electrons. The monoisotopic (exact) mass is 411 g/mol. The number of nitrogens with one attached hydrogen (secondary N) is 1. The van der Waals surface area contributed by atoms with Crippen molar-refractivity contribution < 1.29 is 19.1 Å². The van der Waals surface area contributed by atoms with Gasteiger partial charge in [-0.1, -0.05) is 6.07 Å². The first-order valence-corrected chi connectivity index (χ1v) is 10.1. The normalized spacial score (nSPS) is 14.1. The van der Waals surface area contributed by atoms with Gasteiger partial charge in [-0.15, -0.1) is 11.3 Å². The number of carbonyl (C=O) groups is 2. The van der Waals surface area contributed by atoms with E-state index >= 15 is 0 Å². The van der Waals surface area contributed by atoms with Crippen LogP contribution < -0.4 is 10.2 Å². The minimum Gasteiger partial charge on any atom is -0.508 e. The second kappa shape index (κ2) is 8.00. The molecule has 0 unspecified atom stereocenters. The molecular weight excluding hydrogens is 390 g/mol. The lowest BCUT2D eigenvalue weighted by Crippen LogP contribution is -2.48. The Labute approximate surface area is 172 Å². The maximum absolute atomic E-state index is 13.0. The number of nitrogens with zero attached hydrogens (tertiary/aromatic N) is 2. The highest BCUT2D eigenvalue weighted by Gasteiger charge is 2.25. The van der Waals surface area contributed by atoms with Crippen molar-refractivity contribution in [3.63, 3.8) is 0 Å². The van der Waals surface area contributed by atoms with E-state index in [2.05, 4.69) is 10.2 Å². The highest BCUT2D eigenvalue weighted by atomic mass is 32.1. The molecule has 150 valence electrons. The number of aromatic hydroxyl groups is 1. The van der Waals surface area contributed by atoms with Crippen LogP contribution in [0.15, 0.2) is 53.1 Å². The lowest BCUT2D eigenvalue weighted by molar-refractivity contribution is 0.0750. The van der Waals surface area contributed by atoms with Gasteiger partial charge in [0.05, 0.1) is 16.1 Å². The van der Waals surface area contributed by atoms with E-state index in [9.17, 15) is 14.7 Å². The van der Waals surface area contributed by atoms with Crippen LogP contribution in [0.1, 0.15) is 25.8 Å². The number of phenolic OH excluding ortho intramolecular Hbond substituents is 1. The van der Waals surface area contributed by atoms with Crippen LogP contribution in [0.4, 0.5) is 10.7 Å². The van der Waals surface area contributed by atoms with Crippen molar-refractivity contribution in [1.29, 1.82) is 0 Å². The zero-order chi connectivity index (χ0) is 20.4. The molecule has 3 aromatic rings. The molecule has 0 spiro atoms. The number of amides is 2. The van der Waals surface area contributed by atoms with Crippen LogP contribution >= 0.6 is 11.3 Å². The predicted molar refractivity (Wildman–Crippen MR) is 112 cm³/mol. The molecule has 7 nitrogen and oxygen atoms in total. The van der Waals surface area contributed by atoms with E-state index in [4.69, 9.17) is 4.42 Å². The lowest BCUT2D eigenvalue weighted by Gasteiger charge is -2.36. The summed E-state index contributed by atoms with van der Waals surface area (Å²) < 4.78 is 5.10. The number of furan rings is 1. The zero-order valence-electron chi connectivity index (χ0n) is 15.9. The lowest BCUT2D eigenvalue weighted by atomic mass is 10.2. The second-order valence-electron chi connectivity index (χ2n) is 6.85. The number of rotatable bonds is 4. The summed E-state index contributed by atoms with van der Waals surface area (Å²) in [5, 5.41) is 13.1. The molecule has 0 aliphatic carbocycles. The molecule has 1 aliphatic heterocycles. The van der Waals surface area contributed by atoms with Gasteiger partial charge in [-0.05, 0) is 42.8 Å². The summed E-state index contributed by atoms with van der Waals surface area (Å²) in [6.07, 6.45) is 1.44. The van der Waals surface area contributed by atoms with Gasteiger partial charge in [0.25, 0.3) is 11.8 Å². The molecule has 2 aromatic heterocycles. The van der Waals surface area contributed by atoms with Gasteiger partial charge in [0.1, 0.15) is 5.75 Å². The summed E-state index contributed by atoms with van der Waals surface area (Å²) in [4.78, 5) is 29.7. The summed E-state index contributed by atoms with van der Waals surface area (Å²) in [6, 6.07) is 12.2. The van der Waals surface area contributed by atoms with Crippen molar-refractivity contribution in [2.24, 2.45) is 0 Å². The Morgan fingerprint density at radius 2 is 1.90 bits per heavy atom. The Balaban J connectivity index is 1.40. The quantitative estimate of drug-likeness (QED) is 0.686. The first kappa shape index (κ1) is 19.1. The standard InChI is InChI=1S/C21H21N3O4S/c1-14-12-18(22-20(26)17-6-3-11-28-17)29-19(14)21(27)24-9-7-23(8-10-24)15-4-2-5-16(25)13-15/h2-6,11-13,25H,7-10H2,1H3,(H,22,26). The Morgan fingerprint density at radius 3 is 2.59 bits per heavy atom. The molecule has 1 saturated heterocycles. The molecule has 2 N–H and O–H groups in total.